The molecule has 5 nitrogen and oxygen atoms in total. The summed E-state index contributed by atoms with van der Waals surface area (Å²) in [6.45, 7) is 0. The lowest BCUT2D eigenvalue weighted by molar-refractivity contribution is -0.156. The Hall–Kier alpha value is -2.30. The van der Waals surface area contributed by atoms with E-state index in [0.717, 1.165) is 23.8 Å². The Labute approximate surface area is 128 Å². The number of esters is 1. The van der Waals surface area contributed by atoms with Crippen LogP contribution in [0.2, 0.25) is 0 Å². The van der Waals surface area contributed by atoms with Crippen LogP contribution in [-0.2, 0) is 20.7 Å². The van der Waals surface area contributed by atoms with Crippen molar-refractivity contribution in [1.82, 2.24) is 0 Å². The van der Waals surface area contributed by atoms with Crippen LogP contribution in [0.25, 0.3) is 11.0 Å². The van der Waals surface area contributed by atoms with Gasteiger partial charge in [0.05, 0.1) is 19.8 Å². The Balaban J connectivity index is 1.70. The fourth-order valence-corrected chi connectivity index (χ4v) is 2.76. The number of benzene rings is 1. The third kappa shape index (κ3) is 2.98. The van der Waals surface area contributed by atoms with Gasteiger partial charge < -0.3 is 13.9 Å². The number of carbonyl (C=O) groups is 2. The summed E-state index contributed by atoms with van der Waals surface area (Å²) in [6, 6.07) is 5.44. The van der Waals surface area contributed by atoms with Gasteiger partial charge in [0.15, 0.2) is 11.9 Å². The molecule has 1 aromatic heterocycles. The molecule has 0 saturated heterocycles. The molecule has 0 N–H and O–H groups in total. The Kier molecular flexibility index (Phi) is 4.13. The van der Waals surface area contributed by atoms with Crippen LogP contribution in [0, 0.1) is 0 Å². The highest BCUT2D eigenvalue weighted by Gasteiger charge is 2.26. The second-order valence-electron chi connectivity index (χ2n) is 5.49. The Bertz CT molecular complexity index is 700. The van der Waals surface area contributed by atoms with Crippen LogP contribution in [0.3, 0.4) is 0 Å². The molecule has 1 saturated carbocycles. The zero-order valence-electron chi connectivity index (χ0n) is 12.5. The highest BCUT2D eigenvalue weighted by molar-refractivity contribution is 5.89. The fraction of sp³-hybridized carbons (Fsp3) is 0.412. The maximum absolute atomic E-state index is 12.1. The van der Waals surface area contributed by atoms with Gasteiger partial charge in [-0.15, -0.1) is 0 Å². The Morgan fingerprint density at radius 2 is 2.23 bits per heavy atom. The molecule has 1 fully saturated rings. The molecule has 116 valence electrons. The van der Waals surface area contributed by atoms with Crippen LogP contribution in [0.4, 0.5) is 0 Å². The molecule has 2 aromatic rings. The van der Waals surface area contributed by atoms with Crippen molar-refractivity contribution >= 4 is 22.7 Å². The van der Waals surface area contributed by atoms with Crippen molar-refractivity contribution in [1.29, 1.82) is 0 Å². The van der Waals surface area contributed by atoms with Crippen molar-refractivity contribution in [2.45, 2.75) is 38.2 Å². The second kappa shape index (κ2) is 6.22. The zero-order chi connectivity index (χ0) is 15.5. The summed E-state index contributed by atoms with van der Waals surface area (Å²) in [5.74, 6) is 0.337. The van der Waals surface area contributed by atoms with Gasteiger partial charge in [0.25, 0.3) is 0 Å². The van der Waals surface area contributed by atoms with Gasteiger partial charge in [-0.25, -0.2) is 0 Å². The van der Waals surface area contributed by atoms with E-state index in [-0.39, 0.29) is 12.2 Å². The quantitative estimate of drug-likeness (QED) is 0.812. The van der Waals surface area contributed by atoms with Gasteiger partial charge >= 0.3 is 5.97 Å². The first-order valence-electron chi connectivity index (χ1n) is 7.43. The van der Waals surface area contributed by atoms with Gasteiger partial charge in [0, 0.05) is 23.4 Å². The minimum absolute atomic E-state index is 0.0291. The summed E-state index contributed by atoms with van der Waals surface area (Å²) in [6.07, 6.45) is 4.04. The number of carbonyl (C=O) groups excluding carboxylic acids is 2. The number of Topliss-reactive ketones (excluding diaryl/α,β-unsaturated/α-hetero) is 1. The summed E-state index contributed by atoms with van der Waals surface area (Å²) in [7, 11) is 1.59. The minimum atomic E-state index is -0.570. The van der Waals surface area contributed by atoms with E-state index in [4.69, 9.17) is 13.9 Å². The molecule has 1 aliphatic rings. The lowest BCUT2D eigenvalue weighted by atomic mass is 9.96. The van der Waals surface area contributed by atoms with Gasteiger partial charge in [-0.2, -0.15) is 0 Å². The van der Waals surface area contributed by atoms with E-state index < -0.39 is 12.1 Å². The number of hydrogen-bond acceptors (Lipinski definition) is 5. The topological polar surface area (TPSA) is 65.7 Å². The molecule has 1 aliphatic carbocycles. The Morgan fingerprint density at radius 1 is 1.36 bits per heavy atom. The predicted octanol–water partition coefficient (Wildman–Crippen LogP) is 3.04. The SMILES string of the molecule is COc1ccc2c(CC(=O)O[C@H]3CCCCC3=O)coc2c1. The third-order valence-corrected chi connectivity index (χ3v) is 3.97. The molecule has 3 rings (SSSR count). The average molecular weight is 302 g/mol. The molecule has 5 heteroatoms. The molecule has 0 spiro atoms. The van der Waals surface area contributed by atoms with E-state index in [9.17, 15) is 9.59 Å². The van der Waals surface area contributed by atoms with E-state index in [1.807, 2.05) is 12.1 Å². The van der Waals surface area contributed by atoms with Crippen molar-refractivity contribution in [2.75, 3.05) is 7.11 Å². The standard InChI is InChI=1S/C17H18O5/c1-20-12-6-7-13-11(10-21-16(13)9-12)8-17(19)22-15-5-3-2-4-14(15)18/h6-7,9-10,15H,2-5,8H2,1H3/t15-/m0/s1. The van der Waals surface area contributed by atoms with Crippen LogP contribution < -0.4 is 4.74 Å². The van der Waals surface area contributed by atoms with Crippen molar-refractivity contribution in [3.8, 4) is 5.75 Å². The summed E-state index contributed by atoms with van der Waals surface area (Å²) in [5, 5.41) is 0.854. The average Bonchev–Trinajstić information content (AvgIpc) is 2.91. The van der Waals surface area contributed by atoms with E-state index in [1.165, 1.54) is 0 Å². The normalized spacial score (nSPS) is 18.4. The molecule has 0 unspecified atom stereocenters. The molecule has 0 bridgehead atoms. The maximum Gasteiger partial charge on any atom is 0.311 e. The molecule has 0 amide bonds. The highest BCUT2D eigenvalue weighted by atomic mass is 16.5. The summed E-state index contributed by atoms with van der Waals surface area (Å²) in [5.41, 5.74) is 1.42. The van der Waals surface area contributed by atoms with Gasteiger partial charge in [0.2, 0.25) is 0 Å². The van der Waals surface area contributed by atoms with Gasteiger partial charge in [-0.1, -0.05) is 0 Å². The number of hydrogen-bond donors (Lipinski definition) is 0. The first-order chi connectivity index (χ1) is 10.7. The van der Waals surface area contributed by atoms with Gasteiger partial charge in [-0.05, 0) is 31.4 Å². The highest BCUT2D eigenvalue weighted by Crippen LogP contribution is 2.26. The van der Waals surface area contributed by atoms with Crippen LogP contribution in [0.5, 0.6) is 5.75 Å². The number of rotatable bonds is 4. The number of methoxy groups -OCH3 is 1. The molecular formula is C17H18O5. The minimum Gasteiger partial charge on any atom is -0.497 e. The molecule has 22 heavy (non-hydrogen) atoms. The van der Waals surface area contributed by atoms with Crippen molar-refractivity contribution in [3.05, 3.63) is 30.0 Å². The maximum atomic E-state index is 12.1. The van der Waals surface area contributed by atoms with Crippen LogP contribution in [-0.4, -0.2) is 25.0 Å². The first-order valence-corrected chi connectivity index (χ1v) is 7.43. The molecule has 1 atom stereocenters. The third-order valence-electron chi connectivity index (χ3n) is 3.97. The second-order valence-corrected chi connectivity index (χ2v) is 5.49. The molecule has 0 radical (unpaired) electrons. The monoisotopic (exact) mass is 302 g/mol. The lowest BCUT2D eigenvalue weighted by Crippen LogP contribution is -2.30. The van der Waals surface area contributed by atoms with Crippen molar-refractivity contribution in [3.63, 3.8) is 0 Å². The zero-order valence-corrected chi connectivity index (χ0v) is 12.5. The predicted molar refractivity (Wildman–Crippen MR) is 79.8 cm³/mol. The number of furan rings is 1. The fourth-order valence-electron chi connectivity index (χ4n) is 2.76. The summed E-state index contributed by atoms with van der Waals surface area (Å²) >= 11 is 0. The summed E-state index contributed by atoms with van der Waals surface area (Å²) < 4.78 is 15.9. The van der Waals surface area contributed by atoms with Crippen LogP contribution in [0.15, 0.2) is 28.9 Å². The summed E-state index contributed by atoms with van der Waals surface area (Å²) in [4.78, 5) is 23.8. The molecular weight excluding hydrogens is 284 g/mol. The van der Waals surface area contributed by atoms with E-state index in [1.54, 1.807) is 19.4 Å². The van der Waals surface area contributed by atoms with E-state index >= 15 is 0 Å². The van der Waals surface area contributed by atoms with E-state index in [0.29, 0.717) is 24.2 Å². The lowest BCUT2D eigenvalue weighted by Gasteiger charge is -2.20. The van der Waals surface area contributed by atoms with Crippen molar-refractivity contribution < 1.29 is 23.5 Å². The van der Waals surface area contributed by atoms with Crippen LogP contribution >= 0.6 is 0 Å². The first kappa shape index (κ1) is 14.6. The smallest absolute Gasteiger partial charge is 0.311 e. The Morgan fingerprint density at radius 3 is 3.00 bits per heavy atom. The van der Waals surface area contributed by atoms with Crippen LogP contribution in [0.1, 0.15) is 31.2 Å². The number of ketones is 1. The molecule has 1 heterocycles. The number of ether oxygens (including phenoxy) is 2. The van der Waals surface area contributed by atoms with Gasteiger partial charge in [0.1, 0.15) is 11.3 Å². The molecule has 0 aliphatic heterocycles. The number of fused-ring (bicyclic) bond motifs is 1. The van der Waals surface area contributed by atoms with Crippen molar-refractivity contribution in [2.24, 2.45) is 0 Å². The van der Waals surface area contributed by atoms with Gasteiger partial charge in [-0.3, -0.25) is 9.59 Å². The molecule has 1 aromatic carbocycles. The largest absolute Gasteiger partial charge is 0.497 e. The van der Waals surface area contributed by atoms with E-state index in [2.05, 4.69) is 0 Å².